The molecule has 0 radical (unpaired) electrons. The van der Waals surface area contributed by atoms with E-state index in [9.17, 15) is 0 Å². The Morgan fingerprint density at radius 3 is 2.48 bits per heavy atom. The van der Waals surface area contributed by atoms with Crippen molar-refractivity contribution in [2.75, 3.05) is 25.5 Å². The lowest BCUT2D eigenvalue weighted by molar-refractivity contribution is 0.627. The smallest absolute Gasteiger partial charge is 0.0460 e. The number of unbranched alkanes of at least 4 members (excludes halogenated alkanes) is 3. The zero-order chi connectivity index (χ0) is 19.1. The fourth-order valence-corrected chi connectivity index (χ4v) is 3.43. The Bertz CT molecular complexity index is 861. The van der Waals surface area contributed by atoms with Crippen LogP contribution in [0.25, 0.3) is 22.0 Å². The number of anilines is 1. The molecule has 142 valence electrons. The molecule has 0 bridgehead atoms. The van der Waals surface area contributed by atoms with Gasteiger partial charge in [0.2, 0.25) is 0 Å². The van der Waals surface area contributed by atoms with Gasteiger partial charge in [0, 0.05) is 43.7 Å². The van der Waals surface area contributed by atoms with Gasteiger partial charge in [-0.05, 0) is 60.0 Å². The minimum atomic E-state index is 1.09. The van der Waals surface area contributed by atoms with Crippen LogP contribution in [-0.2, 0) is 0 Å². The molecule has 27 heavy (non-hydrogen) atoms. The molecule has 0 unspecified atom stereocenters. The zero-order valence-corrected chi connectivity index (χ0v) is 16.6. The molecule has 3 nitrogen and oxygen atoms in total. The first kappa shape index (κ1) is 19.1. The van der Waals surface area contributed by atoms with Crippen molar-refractivity contribution in [3.8, 4) is 11.1 Å². The number of nitrogens with zero attached hydrogens (tertiary/aromatic N) is 1. The predicted molar refractivity (Wildman–Crippen MR) is 118 cm³/mol. The first-order valence-corrected chi connectivity index (χ1v) is 9.91. The third-order valence-corrected chi connectivity index (χ3v) is 5.27. The monoisotopic (exact) mass is 361 g/mol. The van der Waals surface area contributed by atoms with Crippen LogP contribution in [0.5, 0.6) is 0 Å². The summed E-state index contributed by atoms with van der Waals surface area (Å²) in [6.45, 7) is 5.08. The maximum atomic E-state index is 3.98. The highest BCUT2D eigenvalue weighted by Crippen LogP contribution is 2.26. The van der Waals surface area contributed by atoms with Crippen LogP contribution in [0.1, 0.15) is 32.1 Å². The normalized spacial score (nSPS) is 10.9. The predicted octanol–water partition coefficient (Wildman–Crippen LogP) is 5.95. The molecule has 0 saturated carbocycles. The highest BCUT2D eigenvalue weighted by molar-refractivity contribution is 5.85. The van der Waals surface area contributed by atoms with Gasteiger partial charge in [0.05, 0.1) is 0 Å². The molecule has 3 rings (SSSR count). The van der Waals surface area contributed by atoms with Gasteiger partial charge in [0.15, 0.2) is 0 Å². The molecule has 0 atom stereocenters. The highest BCUT2D eigenvalue weighted by Gasteiger charge is 2.04. The lowest BCUT2D eigenvalue weighted by Gasteiger charge is -2.19. The molecule has 0 aliphatic rings. The first-order valence-electron chi connectivity index (χ1n) is 9.91. The lowest BCUT2D eigenvalue weighted by Crippen LogP contribution is -2.18. The topological polar surface area (TPSA) is 31.1 Å². The second kappa shape index (κ2) is 9.31. The van der Waals surface area contributed by atoms with Crippen LogP contribution in [0.4, 0.5) is 5.69 Å². The van der Waals surface area contributed by atoms with E-state index in [4.69, 9.17) is 0 Å². The zero-order valence-electron chi connectivity index (χ0n) is 16.6. The van der Waals surface area contributed by atoms with Crippen LogP contribution in [0.2, 0.25) is 0 Å². The number of nitrogens with one attached hydrogen (secondary N) is 2. The van der Waals surface area contributed by atoms with E-state index in [1.54, 1.807) is 0 Å². The van der Waals surface area contributed by atoms with E-state index in [2.05, 4.69) is 77.4 Å². The van der Waals surface area contributed by atoms with Gasteiger partial charge in [-0.15, -0.1) is 0 Å². The van der Waals surface area contributed by atoms with E-state index in [0.29, 0.717) is 0 Å². The number of hydrogen-bond donors (Lipinski definition) is 2. The average Bonchev–Trinajstić information content (AvgIpc) is 3.18. The van der Waals surface area contributed by atoms with Gasteiger partial charge in [-0.25, -0.2) is 0 Å². The van der Waals surface area contributed by atoms with E-state index in [0.717, 1.165) is 18.7 Å². The summed E-state index contributed by atoms with van der Waals surface area (Å²) in [5, 5.41) is 4.37. The molecule has 0 fully saturated rings. The minimum absolute atomic E-state index is 1.09. The molecule has 3 aromatic rings. The number of aromatic nitrogens is 1. The summed E-state index contributed by atoms with van der Waals surface area (Å²) >= 11 is 0. The van der Waals surface area contributed by atoms with Crippen LogP contribution in [0.3, 0.4) is 0 Å². The van der Waals surface area contributed by atoms with Crippen LogP contribution in [-0.4, -0.2) is 25.6 Å². The van der Waals surface area contributed by atoms with Crippen molar-refractivity contribution in [2.24, 2.45) is 0 Å². The summed E-state index contributed by atoms with van der Waals surface area (Å²) in [7, 11) is 4.13. The number of fused-ring (bicyclic) bond motifs is 1. The van der Waals surface area contributed by atoms with Gasteiger partial charge >= 0.3 is 0 Å². The Morgan fingerprint density at radius 2 is 1.70 bits per heavy atom. The van der Waals surface area contributed by atoms with Crippen LogP contribution < -0.4 is 10.2 Å². The van der Waals surface area contributed by atoms with Gasteiger partial charge in [-0.1, -0.05) is 43.7 Å². The van der Waals surface area contributed by atoms with Crippen molar-refractivity contribution in [3.05, 3.63) is 67.0 Å². The molecular weight excluding hydrogens is 330 g/mol. The standard InChI is InChI=1S/C24H31N3/c1-19(25-2)8-6-4-5-7-17-27(3)23-13-11-20(12-14-23)22-10-9-21-15-16-26-24(21)18-22/h9-16,18,25-26H,1,4-8,17H2,2-3H3. The van der Waals surface area contributed by atoms with Crippen molar-refractivity contribution in [1.29, 1.82) is 0 Å². The first-order chi connectivity index (χ1) is 13.2. The molecule has 0 amide bonds. The van der Waals surface area contributed by atoms with Crippen LogP contribution >= 0.6 is 0 Å². The van der Waals surface area contributed by atoms with Crippen LogP contribution in [0.15, 0.2) is 67.0 Å². The number of aromatic amines is 1. The lowest BCUT2D eigenvalue weighted by atomic mass is 10.0. The fourth-order valence-electron chi connectivity index (χ4n) is 3.43. The van der Waals surface area contributed by atoms with Crippen molar-refractivity contribution >= 4 is 16.6 Å². The molecule has 2 aromatic carbocycles. The van der Waals surface area contributed by atoms with Gasteiger partial charge in [-0.2, -0.15) is 0 Å². The number of benzene rings is 2. The Kier molecular flexibility index (Phi) is 6.59. The molecule has 0 aliphatic heterocycles. The Morgan fingerprint density at radius 1 is 0.963 bits per heavy atom. The highest BCUT2D eigenvalue weighted by atomic mass is 15.1. The van der Waals surface area contributed by atoms with E-state index >= 15 is 0 Å². The second-order valence-electron chi connectivity index (χ2n) is 7.27. The third-order valence-electron chi connectivity index (χ3n) is 5.27. The summed E-state index contributed by atoms with van der Waals surface area (Å²) in [6.07, 6.45) is 8.08. The summed E-state index contributed by atoms with van der Waals surface area (Å²) in [6, 6.07) is 17.6. The molecular formula is C24H31N3. The molecule has 1 heterocycles. The summed E-state index contributed by atoms with van der Waals surface area (Å²) < 4.78 is 0. The fraction of sp³-hybridized carbons (Fsp3) is 0.333. The minimum Gasteiger partial charge on any atom is -0.392 e. The molecule has 0 aliphatic carbocycles. The summed E-state index contributed by atoms with van der Waals surface area (Å²) in [5.41, 5.74) is 6.12. The summed E-state index contributed by atoms with van der Waals surface area (Å²) in [4.78, 5) is 5.64. The van der Waals surface area contributed by atoms with E-state index in [-0.39, 0.29) is 0 Å². The number of hydrogen-bond acceptors (Lipinski definition) is 2. The van der Waals surface area contributed by atoms with E-state index < -0.39 is 0 Å². The third kappa shape index (κ3) is 5.16. The second-order valence-corrected chi connectivity index (χ2v) is 7.27. The van der Waals surface area contributed by atoms with E-state index in [1.807, 2.05) is 13.2 Å². The number of allylic oxidation sites excluding steroid dienone is 1. The van der Waals surface area contributed by atoms with Gasteiger partial charge in [-0.3, -0.25) is 0 Å². The van der Waals surface area contributed by atoms with Crippen molar-refractivity contribution in [2.45, 2.75) is 32.1 Å². The Labute approximate surface area is 163 Å². The Balaban J connectivity index is 1.48. The maximum absolute atomic E-state index is 3.98. The summed E-state index contributed by atoms with van der Waals surface area (Å²) in [5.74, 6) is 0. The van der Waals surface area contributed by atoms with Crippen LogP contribution in [0, 0.1) is 0 Å². The SMILES string of the molecule is C=C(CCCCCCN(C)c1ccc(-c2ccc3cc[nH]c3c2)cc1)NC. The van der Waals surface area contributed by atoms with E-state index in [1.165, 1.54) is 53.4 Å². The molecule has 1 aromatic heterocycles. The maximum Gasteiger partial charge on any atom is 0.0460 e. The quantitative estimate of drug-likeness (QED) is 0.437. The van der Waals surface area contributed by atoms with Crippen molar-refractivity contribution in [1.82, 2.24) is 10.3 Å². The van der Waals surface area contributed by atoms with Gasteiger partial charge in [0.25, 0.3) is 0 Å². The Hall–Kier alpha value is -2.68. The molecule has 0 spiro atoms. The van der Waals surface area contributed by atoms with Gasteiger partial charge in [0.1, 0.15) is 0 Å². The number of H-pyrrole nitrogens is 1. The molecule has 0 saturated heterocycles. The van der Waals surface area contributed by atoms with Crippen molar-refractivity contribution in [3.63, 3.8) is 0 Å². The van der Waals surface area contributed by atoms with Crippen molar-refractivity contribution < 1.29 is 0 Å². The van der Waals surface area contributed by atoms with Gasteiger partial charge < -0.3 is 15.2 Å². The molecule has 3 heteroatoms. The molecule has 2 N–H and O–H groups in total. The average molecular weight is 362 g/mol. The largest absolute Gasteiger partial charge is 0.392 e. The number of rotatable bonds is 10.